The molecule has 1 aromatic carbocycles. The highest BCUT2D eigenvalue weighted by Gasteiger charge is 2.25. The molecule has 1 aliphatic heterocycles. The van der Waals surface area contributed by atoms with Crippen LogP contribution in [-0.2, 0) is 0 Å². The van der Waals surface area contributed by atoms with Crippen molar-refractivity contribution in [1.82, 2.24) is 4.90 Å². The zero-order valence-electron chi connectivity index (χ0n) is 11.6. The van der Waals surface area contributed by atoms with Gasteiger partial charge in [0.2, 0.25) is 0 Å². The first-order valence-electron chi connectivity index (χ1n) is 6.66. The number of urea groups is 1. The second-order valence-electron chi connectivity index (χ2n) is 5.10. The van der Waals surface area contributed by atoms with Gasteiger partial charge in [0.05, 0.1) is 22.9 Å². The number of likely N-dealkylation sites (tertiary alicyclic amines) is 1. The minimum atomic E-state index is -0.438. The summed E-state index contributed by atoms with van der Waals surface area (Å²) in [6, 6.07) is 4.96. The van der Waals surface area contributed by atoms with Gasteiger partial charge in [-0.2, -0.15) is 0 Å². The van der Waals surface area contributed by atoms with Crippen molar-refractivity contribution in [1.29, 1.82) is 0 Å². The Kier molecular flexibility index (Phi) is 4.73. The van der Waals surface area contributed by atoms with E-state index in [-0.39, 0.29) is 12.1 Å². The number of para-hydroxylation sites is 1. The standard InChI is InChI=1S/C14H19ClN2O3/c1-9(2)20-13-11(15)4-3-5-12(13)16-14(19)17-7-6-10(18)8-17/h3-5,9-10,18H,6-8H2,1-2H3,(H,16,19)/t10-/m0/s1. The lowest BCUT2D eigenvalue weighted by Gasteiger charge is -2.20. The van der Waals surface area contributed by atoms with Crippen LogP contribution in [0.15, 0.2) is 18.2 Å². The highest BCUT2D eigenvalue weighted by atomic mass is 35.5. The SMILES string of the molecule is CC(C)Oc1c(Cl)cccc1NC(=O)N1CC[C@H](O)C1. The van der Waals surface area contributed by atoms with E-state index in [0.717, 1.165) is 0 Å². The van der Waals surface area contributed by atoms with Gasteiger partial charge in [-0.05, 0) is 32.4 Å². The van der Waals surface area contributed by atoms with E-state index in [1.165, 1.54) is 0 Å². The van der Waals surface area contributed by atoms with Crippen molar-refractivity contribution in [2.24, 2.45) is 0 Å². The molecule has 0 unspecified atom stereocenters. The lowest BCUT2D eigenvalue weighted by atomic mass is 10.3. The number of benzene rings is 1. The number of aliphatic hydroxyl groups is 1. The van der Waals surface area contributed by atoms with Gasteiger partial charge in [0.25, 0.3) is 0 Å². The van der Waals surface area contributed by atoms with E-state index in [0.29, 0.717) is 36.0 Å². The smallest absolute Gasteiger partial charge is 0.322 e. The number of amides is 2. The molecular weight excluding hydrogens is 280 g/mol. The molecule has 0 spiro atoms. The molecule has 6 heteroatoms. The van der Waals surface area contributed by atoms with Gasteiger partial charge < -0.3 is 20.1 Å². The maximum atomic E-state index is 12.1. The molecule has 1 saturated heterocycles. The van der Waals surface area contributed by atoms with E-state index in [1.807, 2.05) is 13.8 Å². The fourth-order valence-electron chi connectivity index (χ4n) is 2.08. The summed E-state index contributed by atoms with van der Waals surface area (Å²) in [5.41, 5.74) is 0.539. The first-order chi connectivity index (χ1) is 9.47. The Balaban J connectivity index is 2.12. The first kappa shape index (κ1) is 14.9. The fraction of sp³-hybridized carbons (Fsp3) is 0.500. The summed E-state index contributed by atoms with van der Waals surface area (Å²) < 4.78 is 5.65. The van der Waals surface area contributed by atoms with Crippen LogP contribution >= 0.6 is 11.6 Å². The number of hydrogen-bond acceptors (Lipinski definition) is 3. The van der Waals surface area contributed by atoms with Crippen molar-refractivity contribution >= 4 is 23.3 Å². The number of nitrogens with zero attached hydrogens (tertiary/aromatic N) is 1. The van der Waals surface area contributed by atoms with Crippen LogP contribution in [0.3, 0.4) is 0 Å². The lowest BCUT2D eigenvalue weighted by Crippen LogP contribution is -2.33. The number of hydrogen-bond donors (Lipinski definition) is 2. The molecule has 2 N–H and O–H groups in total. The van der Waals surface area contributed by atoms with Crippen molar-refractivity contribution in [2.45, 2.75) is 32.5 Å². The third-order valence-corrected chi connectivity index (χ3v) is 3.31. The van der Waals surface area contributed by atoms with Crippen LogP contribution in [0.1, 0.15) is 20.3 Å². The Hall–Kier alpha value is -1.46. The van der Waals surface area contributed by atoms with Gasteiger partial charge in [0.1, 0.15) is 0 Å². The summed E-state index contributed by atoms with van der Waals surface area (Å²) >= 11 is 6.11. The molecule has 0 bridgehead atoms. The van der Waals surface area contributed by atoms with Crippen molar-refractivity contribution in [2.75, 3.05) is 18.4 Å². The van der Waals surface area contributed by atoms with Crippen LogP contribution in [0, 0.1) is 0 Å². The third-order valence-electron chi connectivity index (χ3n) is 3.01. The van der Waals surface area contributed by atoms with E-state index in [9.17, 15) is 9.90 Å². The maximum absolute atomic E-state index is 12.1. The second kappa shape index (κ2) is 6.33. The molecule has 0 radical (unpaired) electrons. The minimum absolute atomic E-state index is 0.0424. The number of nitrogens with one attached hydrogen (secondary N) is 1. The average Bonchev–Trinajstić information content (AvgIpc) is 2.80. The van der Waals surface area contributed by atoms with Crippen molar-refractivity contribution < 1.29 is 14.6 Å². The third kappa shape index (κ3) is 3.55. The summed E-state index contributed by atoms with van der Waals surface area (Å²) in [6.07, 6.45) is 0.129. The predicted molar refractivity (Wildman–Crippen MR) is 78.4 cm³/mol. The Morgan fingerprint density at radius 3 is 2.90 bits per heavy atom. The average molecular weight is 299 g/mol. The maximum Gasteiger partial charge on any atom is 0.322 e. The van der Waals surface area contributed by atoms with Gasteiger partial charge in [-0.15, -0.1) is 0 Å². The number of anilines is 1. The monoisotopic (exact) mass is 298 g/mol. The first-order valence-corrected chi connectivity index (χ1v) is 7.04. The number of halogens is 1. The Bertz CT molecular complexity index is 493. The van der Waals surface area contributed by atoms with E-state index in [4.69, 9.17) is 16.3 Å². The van der Waals surface area contributed by atoms with Gasteiger partial charge >= 0.3 is 6.03 Å². The number of carbonyl (C=O) groups excluding carboxylic acids is 1. The van der Waals surface area contributed by atoms with Crippen LogP contribution in [0.5, 0.6) is 5.75 Å². The molecule has 0 aromatic heterocycles. The van der Waals surface area contributed by atoms with Crippen molar-refractivity contribution in [3.05, 3.63) is 23.2 Å². The summed E-state index contributed by atoms with van der Waals surface area (Å²) in [7, 11) is 0. The molecule has 20 heavy (non-hydrogen) atoms. The Morgan fingerprint density at radius 2 is 2.30 bits per heavy atom. The van der Waals surface area contributed by atoms with Gasteiger partial charge in [-0.25, -0.2) is 4.79 Å². The largest absolute Gasteiger partial charge is 0.487 e. The normalized spacial score (nSPS) is 18.4. The Labute approximate surface area is 123 Å². The molecular formula is C14H19ClN2O3. The summed E-state index contributed by atoms with van der Waals surface area (Å²) in [5, 5.41) is 12.7. The van der Waals surface area contributed by atoms with Crippen molar-refractivity contribution in [3.63, 3.8) is 0 Å². The van der Waals surface area contributed by atoms with Crippen molar-refractivity contribution in [3.8, 4) is 5.75 Å². The molecule has 1 aliphatic rings. The van der Waals surface area contributed by atoms with E-state index < -0.39 is 6.10 Å². The minimum Gasteiger partial charge on any atom is -0.487 e. The number of β-amino-alcohol motifs (C(OH)–C–C–N with tert-alkyl or cyclic N) is 1. The summed E-state index contributed by atoms with van der Waals surface area (Å²) in [6.45, 7) is 4.69. The number of rotatable bonds is 3. The van der Waals surface area contributed by atoms with Crippen LogP contribution < -0.4 is 10.1 Å². The fourth-order valence-corrected chi connectivity index (χ4v) is 2.30. The molecule has 2 rings (SSSR count). The zero-order chi connectivity index (χ0) is 14.7. The molecule has 1 fully saturated rings. The topological polar surface area (TPSA) is 61.8 Å². The van der Waals surface area contributed by atoms with Gasteiger partial charge in [-0.1, -0.05) is 17.7 Å². The molecule has 110 valence electrons. The summed E-state index contributed by atoms with van der Waals surface area (Å²) in [4.78, 5) is 13.7. The molecule has 1 atom stereocenters. The lowest BCUT2D eigenvalue weighted by molar-refractivity contribution is 0.176. The summed E-state index contributed by atoms with van der Waals surface area (Å²) in [5.74, 6) is 0.470. The van der Waals surface area contributed by atoms with E-state index in [1.54, 1.807) is 23.1 Å². The molecule has 1 aromatic rings. The highest BCUT2D eigenvalue weighted by molar-refractivity contribution is 6.32. The molecule has 5 nitrogen and oxygen atoms in total. The van der Waals surface area contributed by atoms with Gasteiger partial charge in [0.15, 0.2) is 5.75 Å². The molecule has 2 amide bonds. The quantitative estimate of drug-likeness (QED) is 0.902. The van der Waals surface area contributed by atoms with E-state index in [2.05, 4.69) is 5.32 Å². The van der Waals surface area contributed by atoms with Crippen LogP contribution in [0.25, 0.3) is 0 Å². The second-order valence-corrected chi connectivity index (χ2v) is 5.51. The zero-order valence-corrected chi connectivity index (χ0v) is 12.4. The number of ether oxygens (including phenoxy) is 1. The highest BCUT2D eigenvalue weighted by Crippen LogP contribution is 2.34. The van der Waals surface area contributed by atoms with E-state index >= 15 is 0 Å². The van der Waals surface area contributed by atoms with Crippen LogP contribution in [0.4, 0.5) is 10.5 Å². The number of carbonyl (C=O) groups is 1. The molecule has 0 aliphatic carbocycles. The predicted octanol–water partition coefficient (Wildman–Crippen LogP) is 2.73. The van der Waals surface area contributed by atoms with Crippen LogP contribution in [0.2, 0.25) is 5.02 Å². The Morgan fingerprint density at radius 1 is 1.55 bits per heavy atom. The molecule has 1 heterocycles. The number of aliphatic hydroxyl groups excluding tert-OH is 1. The van der Waals surface area contributed by atoms with Gasteiger partial charge in [-0.3, -0.25) is 0 Å². The van der Waals surface area contributed by atoms with Gasteiger partial charge in [0, 0.05) is 13.1 Å². The molecule has 0 saturated carbocycles. The van der Waals surface area contributed by atoms with Crippen LogP contribution in [-0.4, -0.2) is 41.3 Å².